The second-order valence-corrected chi connectivity index (χ2v) is 6.05. The fourth-order valence-corrected chi connectivity index (χ4v) is 3.13. The van der Waals surface area contributed by atoms with Gasteiger partial charge in [0.05, 0.1) is 11.0 Å². The van der Waals surface area contributed by atoms with E-state index in [1.807, 2.05) is 17.8 Å². The zero-order chi connectivity index (χ0) is 18.0. The van der Waals surface area contributed by atoms with Crippen molar-refractivity contribution >= 4 is 11.6 Å². The summed E-state index contributed by atoms with van der Waals surface area (Å²) in [5, 5.41) is 14.7. The third-order valence-electron chi connectivity index (χ3n) is 4.45. The highest BCUT2D eigenvalue weighted by molar-refractivity contribution is 5.93. The van der Waals surface area contributed by atoms with Crippen LogP contribution in [0.5, 0.6) is 0 Å². The van der Waals surface area contributed by atoms with Crippen molar-refractivity contribution in [1.29, 1.82) is 0 Å². The molecular formula is C16H20N6O3. The molecule has 132 valence electrons. The third kappa shape index (κ3) is 3.52. The standard InChI is InChI=1S/C16H20N6O3/c1-20-6-5-19-16(20)14-9-18-4-7-21(14)10-12-3-2-11(15(17)23)8-13(12)22(24)25/h2-3,5-6,8,14,18H,4,7,9-10H2,1H3,(H2,17,23). The number of imidazole rings is 1. The summed E-state index contributed by atoms with van der Waals surface area (Å²) < 4.78 is 1.95. The van der Waals surface area contributed by atoms with Crippen molar-refractivity contribution in [1.82, 2.24) is 19.8 Å². The highest BCUT2D eigenvalue weighted by Crippen LogP contribution is 2.27. The van der Waals surface area contributed by atoms with Crippen LogP contribution in [-0.2, 0) is 13.6 Å². The average molecular weight is 344 g/mol. The second-order valence-electron chi connectivity index (χ2n) is 6.05. The van der Waals surface area contributed by atoms with Gasteiger partial charge in [-0.1, -0.05) is 6.07 Å². The van der Waals surface area contributed by atoms with E-state index in [1.165, 1.54) is 12.1 Å². The molecule has 1 fully saturated rings. The van der Waals surface area contributed by atoms with E-state index >= 15 is 0 Å². The lowest BCUT2D eigenvalue weighted by Gasteiger charge is -2.35. The van der Waals surface area contributed by atoms with Crippen LogP contribution in [0.2, 0.25) is 0 Å². The smallest absolute Gasteiger partial charge is 0.274 e. The first kappa shape index (κ1) is 17.1. The Kier molecular flexibility index (Phi) is 4.77. The first-order valence-corrected chi connectivity index (χ1v) is 7.96. The highest BCUT2D eigenvalue weighted by Gasteiger charge is 2.28. The van der Waals surface area contributed by atoms with Crippen molar-refractivity contribution in [3.05, 3.63) is 57.7 Å². The lowest BCUT2D eigenvalue weighted by Crippen LogP contribution is -2.46. The van der Waals surface area contributed by atoms with Crippen LogP contribution in [0.25, 0.3) is 0 Å². The normalized spacial score (nSPS) is 18.2. The van der Waals surface area contributed by atoms with E-state index in [1.54, 1.807) is 12.3 Å². The number of hydrogen-bond donors (Lipinski definition) is 2. The maximum absolute atomic E-state index is 11.4. The molecule has 1 amide bonds. The molecule has 0 bridgehead atoms. The molecule has 1 aromatic heterocycles. The number of amides is 1. The van der Waals surface area contributed by atoms with Gasteiger partial charge >= 0.3 is 0 Å². The molecule has 25 heavy (non-hydrogen) atoms. The van der Waals surface area contributed by atoms with Gasteiger partial charge in [0, 0.05) is 62.8 Å². The maximum Gasteiger partial charge on any atom is 0.274 e. The summed E-state index contributed by atoms with van der Waals surface area (Å²) in [6.07, 6.45) is 3.62. The number of benzene rings is 1. The van der Waals surface area contributed by atoms with Gasteiger partial charge in [-0.3, -0.25) is 19.8 Å². The Labute approximate surface area is 144 Å². The van der Waals surface area contributed by atoms with Crippen LogP contribution in [0.4, 0.5) is 5.69 Å². The van der Waals surface area contributed by atoms with Crippen LogP contribution >= 0.6 is 0 Å². The number of piperazine rings is 1. The number of nitrogens with zero attached hydrogens (tertiary/aromatic N) is 4. The Bertz CT molecular complexity index is 803. The number of nitrogens with two attached hydrogens (primary N) is 1. The number of nitro benzene ring substituents is 1. The van der Waals surface area contributed by atoms with Crippen molar-refractivity contribution < 1.29 is 9.72 Å². The van der Waals surface area contributed by atoms with Gasteiger partial charge in [0.25, 0.3) is 5.69 Å². The Balaban J connectivity index is 1.90. The molecule has 2 aromatic rings. The van der Waals surface area contributed by atoms with Crippen molar-refractivity contribution in [2.45, 2.75) is 12.6 Å². The Morgan fingerprint density at radius 2 is 2.32 bits per heavy atom. The number of carbonyl (C=O) groups is 1. The minimum atomic E-state index is -0.678. The molecule has 3 rings (SSSR count). The molecule has 1 aromatic carbocycles. The van der Waals surface area contributed by atoms with Crippen LogP contribution in [0.15, 0.2) is 30.6 Å². The molecule has 1 aliphatic rings. The van der Waals surface area contributed by atoms with Gasteiger partial charge in [0.15, 0.2) is 0 Å². The van der Waals surface area contributed by atoms with E-state index in [2.05, 4.69) is 15.2 Å². The number of primary amides is 1. The summed E-state index contributed by atoms with van der Waals surface area (Å²) in [6.45, 7) is 2.66. The first-order valence-electron chi connectivity index (χ1n) is 7.96. The quantitative estimate of drug-likeness (QED) is 0.605. The summed E-state index contributed by atoms with van der Waals surface area (Å²) in [7, 11) is 1.93. The molecule has 3 N–H and O–H groups in total. The van der Waals surface area contributed by atoms with Gasteiger partial charge in [-0.2, -0.15) is 0 Å². The summed E-state index contributed by atoms with van der Waals surface area (Å²) in [5.41, 5.74) is 5.83. The topological polar surface area (TPSA) is 119 Å². The Morgan fingerprint density at radius 3 is 2.96 bits per heavy atom. The summed E-state index contributed by atoms with van der Waals surface area (Å²) >= 11 is 0. The van der Waals surface area contributed by atoms with E-state index in [4.69, 9.17) is 5.73 Å². The molecule has 0 aliphatic carbocycles. The second kappa shape index (κ2) is 6.99. The van der Waals surface area contributed by atoms with E-state index in [9.17, 15) is 14.9 Å². The number of aryl methyl sites for hydroxylation is 1. The molecule has 9 heteroatoms. The maximum atomic E-state index is 11.4. The summed E-state index contributed by atoms with van der Waals surface area (Å²) in [5.74, 6) is 0.228. The molecule has 1 atom stereocenters. The molecule has 1 aliphatic heterocycles. The van der Waals surface area contributed by atoms with Gasteiger partial charge in [0.2, 0.25) is 5.91 Å². The van der Waals surface area contributed by atoms with Crippen LogP contribution in [-0.4, -0.2) is 44.9 Å². The molecule has 2 heterocycles. The molecule has 0 radical (unpaired) electrons. The summed E-state index contributed by atoms with van der Waals surface area (Å²) in [6, 6.07) is 4.40. The summed E-state index contributed by atoms with van der Waals surface area (Å²) in [4.78, 5) is 28.8. The number of rotatable bonds is 5. The van der Waals surface area contributed by atoms with Gasteiger partial charge in [-0.25, -0.2) is 4.98 Å². The number of aromatic nitrogens is 2. The first-order chi connectivity index (χ1) is 12.0. The minimum Gasteiger partial charge on any atom is -0.366 e. The van der Waals surface area contributed by atoms with Crippen molar-refractivity contribution in [2.24, 2.45) is 12.8 Å². The Hall–Kier alpha value is -2.78. The van der Waals surface area contributed by atoms with Crippen LogP contribution in [0.1, 0.15) is 27.8 Å². The zero-order valence-electron chi connectivity index (χ0n) is 13.9. The van der Waals surface area contributed by atoms with Gasteiger partial charge in [0.1, 0.15) is 5.82 Å². The SMILES string of the molecule is Cn1ccnc1C1CNCCN1Cc1ccc(C(N)=O)cc1[N+](=O)[O-]. The van der Waals surface area contributed by atoms with Gasteiger partial charge in [-0.05, 0) is 6.07 Å². The molecule has 9 nitrogen and oxygen atoms in total. The van der Waals surface area contributed by atoms with Gasteiger partial charge in [-0.15, -0.1) is 0 Å². The predicted molar refractivity (Wildman–Crippen MR) is 90.8 cm³/mol. The molecule has 1 unspecified atom stereocenters. The van der Waals surface area contributed by atoms with Crippen molar-refractivity contribution in [3.63, 3.8) is 0 Å². The van der Waals surface area contributed by atoms with E-state index < -0.39 is 10.8 Å². The number of nitro groups is 1. The van der Waals surface area contributed by atoms with Crippen LogP contribution < -0.4 is 11.1 Å². The monoisotopic (exact) mass is 344 g/mol. The van der Waals surface area contributed by atoms with Crippen molar-refractivity contribution in [3.8, 4) is 0 Å². The number of nitrogens with one attached hydrogen (secondary N) is 1. The van der Waals surface area contributed by atoms with Gasteiger partial charge < -0.3 is 15.6 Å². The lowest BCUT2D eigenvalue weighted by atomic mass is 10.1. The fourth-order valence-electron chi connectivity index (χ4n) is 3.13. The number of hydrogen-bond acceptors (Lipinski definition) is 6. The molecule has 0 spiro atoms. The largest absolute Gasteiger partial charge is 0.366 e. The molecular weight excluding hydrogens is 324 g/mol. The van der Waals surface area contributed by atoms with Crippen LogP contribution in [0, 0.1) is 10.1 Å². The zero-order valence-corrected chi connectivity index (χ0v) is 13.9. The highest BCUT2D eigenvalue weighted by atomic mass is 16.6. The fraction of sp³-hybridized carbons (Fsp3) is 0.375. The lowest BCUT2D eigenvalue weighted by molar-refractivity contribution is -0.385. The molecule has 1 saturated heterocycles. The van der Waals surface area contributed by atoms with E-state index in [0.717, 1.165) is 25.5 Å². The van der Waals surface area contributed by atoms with Crippen LogP contribution in [0.3, 0.4) is 0 Å². The molecule has 0 saturated carbocycles. The van der Waals surface area contributed by atoms with Crippen molar-refractivity contribution in [2.75, 3.05) is 19.6 Å². The van der Waals surface area contributed by atoms with E-state index in [-0.39, 0.29) is 17.3 Å². The third-order valence-corrected chi connectivity index (χ3v) is 4.45. The minimum absolute atomic E-state index is 0.0178. The Morgan fingerprint density at radius 1 is 1.52 bits per heavy atom. The van der Waals surface area contributed by atoms with E-state index in [0.29, 0.717) is 12.1 Å². The number of carbonyl (C=O) groups excluding carboxylic acids is 1. The predicted octanol–water partition coefficient (Wildman–Crippen LogP) is 0.574. The average Bonchev–Trinajstić information content (AvgIpc) is 3.01.